The van der Waals surface area contributed by atoms with Gasteiger partial charge in [-0.05, 0) is 0 Å². The first-order valence-electron chi connectivity index (χ1n) is 4.84. The highest BCUT2D eigenvalue weighted by Gasteiger charge is 2.02. The van der Waals surface area contributed by atoms with Gasteiger partial charge in [0.25, 0.3) is 0 Å². The maximum absolute atomic E-state index is 11.2. The number of hydrogen-bond donors (Lipinski definition) is 3. The van der Waals surface area contributed by atoms with E-state index in [1.165, 1.54) is 17.1 Å². The van der Waals surface area contributed by atoms with Gasteiger partial charge in [-0.15, -0.1) is 0 Å². The fraction of sp³-hybridized carbons (Fsp3) is 0.125. The Bertz CT molecular complexity index is 681. The van der Waals surface area contributed by atoms with Gasteiger partial charge in [-0.1, -0.05) is 0 Å². The number of nitrogens with one attached hydrogen (secondary N) is 3. The van der Waals surface area contributed by atoms with E-state index in [0.29, 0.717) is 23.8 Å². The van der Waals surface area contributed by atoms with Crippen molar-refractivity contribution in [3.8, 4) is 0 Å². The van der Waals surface area contributed by atoms with Gasteiger partial charge in [-0.2, -0.15) is 10.2 Å². The lowest BCUT2D eigenvalue weighted by atomic mass is 10.5. The van der Waals surface area contributed by atoms with E-state index in [0.717, 1.165) is 0 Å². The number of hydrogen-bond acceptors (Lipinski definition) is 6. The zero-order chi connectivity index (χ0) is 11.7. The van der Waals surface area contributed by atoms with Crippen LogP contribution in [0.15, 0.2) is 23.5 Å². The Balaban J connectivity index is 1.83. The van der Waals surface area contributed by atoms with E-state index in [4.69, 9.17) is 0 Å². The van der Waals surface area contributed by atoms with Crippen molar-refractivity contribution in [2.24, 2.45) is 0 Å². The van der Waals surface area contributed by atoms with Crippen LogP contribution in [0.5, 0.6) is 0 Å². The Morgan fingerprint density at radius 1 is 1.35 bits per heavy atom. The van der Waals surface area contributed by atoms with Gasteiger partial charge in [-0.3, -0.25) is 5.10 Å². The summed E-state index contributed by atoms with van der Waals surface area (Å²) in [6.45, 7) is 0.470. The highest BCUT2D eigenvalue weighted by Crippen LogP contribution is 2.04. The molecule has 0 unspecified atom stereocenters. The van der Waals surface area contributed by atoms with Crippen molar-refractivity contribution in [3.05, 3.63) is 35.0 Å². The number of rotatable bonds is 3. The second-order valence-corrected chi connectivity index (χ2v) is 3.32. The van der Waals surface area contributed by atoms with Gasteiger partial charge in [0.05, 0.1) is 6.54 Å². The van der Waals surface area contributed by atoms with E-state index < -0.39 is 0 Å². The molecule has 17 heavy (non-hydrogen) atoms. The Kier molecular flexibility index (Phi) is 2.07. The Hall–Kier alpha value is -2.71. The van der Waals surface area contributed by atoms with Crippen molar-refractivity contribution in [1.29, 1.82) is 0 Å². The monoisotopic (exact) mass is 232 g/mol. The van der Waals surface area contributed by atoms with Crippen LogP contribution in [0.25, 0.3) is 5.65 Å². The molecule has 0 radical (unpaired) electrons. The van der Waals surface area contributed by atoms with Crippen molar-refractivity contribution in [2.75, 3.05) is 5.32 Å². The molecule has 0 bridgehead atoms. The molecular formula is C8H8N8O. The molecule has 3 N–H and O–H groups in total. The van der Waals surface area contributed by atoms with Crippen molar-refractivity contribution in [2.45, 2.75) is 6.54 Å². The summed E-state index contributed by atoms with van der Waals surface area (Å²) < 4.78 is 1.32. The molecule has 0 atom stereocenters. The second-order valence-electron chi connectivity index (χ2n) is 3.32. The summed E-state index contributed by atoms with van der Waals surface area (Å²) >= 11 is 0. The van der Waals surface area contributed by atoms with Crippen LogP contribution in [0.1, 0.15) is 5.82 Å². The van der Waals surface area contributed by atoms with Crippen LogP contribution in [0.4, 0.5) is 5.82 Å². The van der Waals surface area contributed by atoms with Gasteiger partial charge in [0.1, 0.15) is 24.3 Å². The van der Waals surface area contributed by atoms with Gasteiger partial charge in [0.2, 0.25) is 0 Å². The molecule has 3 aromatic heterocycles. The van der Waals surface area contributed by atoms with Crippen LogP contribution in [-0.2, 0) is 6.54 Å². The molecule has 86 valence electrons. The lowest BCUT2D eigenvalue weighted by Gasteiger charge is -2.02. The highest BCUT2D eigenvalue weighted by atomic mass is 16.1. The zero-order valence-electron chi connectivity index (χ0n) is 8.58. The Labute approximate surface area is 93.9 Å². The van der Waals surface area contributed by atoms with Crippen LogP contribution in [0, 0.1) is 0 Å². The first-order valence-corrected chi connectivity index (χ1v) is 4.84. The standard InChI is InChI=1S/C8H8N8O/c17-8-15-14-7-1-5(11-4-16(7)8)9-2-6-10-3-12-13-6/h1,3-4,9H,2H2,(H,15,17)(H,10,12,13). The fourth-order valence-electron chi connectivity index (χ4n) is 1.40. The highest BCUT2D eigenvalue weighted by molar-refractivity contribution is 5.48. The molecule has 3 aromatic rings. The van der Waals surface area contributed by atoms with Crippen molar-refractivity contribution < 1.29 is 0 Å². The fourth-order valence-corrected chi connectivity index (χ4v) is 1.40. The Morgan fingerprint density at radius 2 is 2.29 bits per heavy atom. The number of aromatic amines is 2. The lowest BCUT2D eigenvalue weighted by molar-refractivity contribution is 0.939. The first kappa shape index (κ1) is 9.51. The number of aromatic nitrogens is 7. The van der Waals surface area contributed by atoms with E-state index in [2.05, 4.69) is 35.7 Å². The summed E-state index contributed by atoms with van der Waals surface area (Å²) in [5.41, 5.74) is 0.194. The van der Waals surface area contributed by atoms with Gasteiger partial charge in [0, 0.05) is 6.07 Å². The maximum Gasteiger partial charge on any atom is 0.348 e. The van der Waals surface area contributed by atoms with Gasteiger partial charge in [-0.25, -0.2) is 24.3 Å². The molecule has 9 heteroatoms. The van der Waals surface area contributed by atoms with Crippen LogP contribution in [-0.4, -0.2) is 34.8 Å². The number of anilines is 1. The van der Waals surface area contributed by atoms with E-state index in [1.807, 2.05) is 0 Å². The molecule has 0 amide bonds. The van der Waals surface area contributed by atoms with Crippen LogP contribution in [0.2, 0.25) is 0 Å². The van der Waals surface area contributed by atoms with Crippen LogP contribution in [0.3, 0.4) is 0 Å². The summed E-state index contributed by atoms with van der Waals surface area (Å²) in [6, 6.07) is 1.66. The largest absolute Gasteiger partial charge is 0.363 e. The first-order chi connectivity index (χ1) is 8.33. The second kappa shape index (κ2) is 3.70. The third-order valence-corrected chi connectivity index (χ3v) is 2.21. The predicted molar refractivity (Wildman–Crippen MR) is 57.3 cm³/mol. The summed E-state index contributed by atoms with van der Waals surface area (Å²) in [6.07, 6.45) is 2.84. The minimum absolute atomic E-state index is 0.311. The van der Waals surface area contributed by atoms with Crippen LogP contribution < -0.4 is 11.0 Å². The summed E-state index contributed by atoms with van der Waals surface area (Å²) in [5, 5.41) is 15.7. The molecule has 0 aromatic carbocycles. The third-order valence-electron chi connectivity index (χ3n) is 2.21. The molecular weight excluding hydrogens is 224 g/mol. The van der Waals surface area contributed by atoms with Gasteiger partial charge >= 0.3 is 5.69 Å². The topological polar surface area (TPSA) is 117 Å². The molecule has 0 aliphatic heterocycles. The molecule has 3 heterocycles. The van der Waals surface area contributed by atoms with Crippen molar-refractivity contribution in [1.82, 2.24) is 34.8 Å². The minimum Gasteiger partial charge on any atom is -0.363 e. The molecule has 0 aliphatic carbocycles. The van der Waals surface area contributed by atoms with E-state index >= 15 is 0 Å². The lowest BCUT2D eigenvalue weighted by Crippen LogP contribution is -2.10. The zero-order valence-corrected chi connectivity index (χ0v) is 8.58. The molecule has 0 spiro atoms. The van der Waals surface area contributed by atoms with Crippen LogP contribution >= 0.6 is 0 Å². The Morgan fingerprint density at radius 3 is 3.12 bits per heavy atom. The molecule has 0 aliphatic rings. The van der Waals surface area contributed by atoms with Gasteiger partial charge < -0.3 is 5.32 Å². The minimum atomic E-state index is -0.311. The molecule has 0 fully saturated rings. The molecule has 3 rings (SSSR count). The smallest absolute Gasteiger partial charge is 0.348 e. The molecule has 9 nitrogen and oxygen atoms in total. The third kappa shape index (κ3) is 1.73. The van der Waals surface area contributed by atoms with E-state index in [-0.39, 0.29) is 5.69 Å². The predicted octanol–water partition coefficient (Wildman–Crippen LogP) is -0.852. The maximum atomic E-state index is 11.2. The number of H-pyrrole nitrogens is 2. The summed E-state index contributed by atoms with van der Waals surface area (Å²) in [5.74, 6) is 1.30. The quantitative estimate of drug-likeness (QED) is 0.541. The van der Waals surface area contributed by atoms with E-state index in [9.17, 15) is 4.79 Å². The normalized spacial score (nSPS) is 10.8. The average Bonchev–Trinajstić information content (AvgIpc) is 2.97. The van der Waals surface area contributed by atoms with E-state index in [1.54, 1.807) is 6.07 Å². The van der Waals surface area contributed by atoms with Crippen molar-refractivity contribution >= 4 is 11.5 Å². The summed E-state index contributed by atoms with van der Waals surface area (Å²) in [4.78, 5) is 19.2. The SMILES string of the molecule is O=c1[nH]nc2cc(NCc3ncn[nH]3)ncn12. The van der Waals surface area contributed by atoms with Gasteiger partial charge in [0.15, 0.2) is 5.65 Å². The molecule has 0 saturated heterocycles. The average molecular weight is 232 g/mol. The number of nitrogens with zero attached hydrogens (tertiary/aromatic N) is 5. The summed E-state index contributed by atoms with van der Waals surface area (Å²) in [7, 11) is 0. The molecule has 0 saturated carbocycles. The van der Waals surface area contributed by atoms with Crippen molar-refractivity contribution in [3.63, 3.8) is 0 Å². The number of fused-ring (bicyclic) bond motifs is 1.